The number of alkyl halides is 3. The van der Waals surface area contributed by atoms with Crippen LogP contribution in [0.25, 0.3) is 0 Å². The van der Waals surface area contributed by atoms with E-state index in [9.17, 15) is 22.8 Å². The molecule has 0 atom stereocenters. The second kappa shape index (κ2) is 7.53. The lowest BCUT2D eigenvalue weighted by molar-refractivity contribution is -0.137. The highest BCUT2D eigenvalue weighted by Crippen LogP contribution is 2.37. The van der Waals surface area contributed by atoms with Gasteiger partial charge in [-0.25, -0.2) is 0 Å². The molecule has 2 amide bonds. The Morgan fingerprint density at radius 1 is 1.14 bits per heavy atom. The predicted octanol–water partition coefficient (Wildman–Crippen LogP) is 3.97. The Morgan fingerprint density at radius 2 is 1.89 bits per heavy atom. The van der Waals surface area contributed by atoms with E-state index in [2.05, 4.69) is 10.6 Å². The van der Waals surface area contributed by atoms with Crippen LogP contribution < -0.4 is 15.5 Å². The van der Waals surface area contributed by atoms with Crippen LogP contribution in [-0.4, -0.2) is 24.9 Å². The van der Waals surface area contributed by atoms with Crippen LogP contribution in [0.15, 0.2) is 36.4 Å². The summed E-state index contributed by atoms with van der Waals surface area (Å²) in [6, 6.07) is 9.08. The molecule has 2 aromatic carbocycles. The Bertz CT molecular complexity index is 925. The fourth-order valence-corrected chi connectivity index (χ4v) is 3.37. The van der Waals surface area contributed by atoms with E-state index in [1.54, 1.807) is 0 Å². The zero-order valence-electron chi connectivity index (χ0n) is 15.5. The van der Waals surface area contributed by atoms with Crippen LogP contribution in [0, 0.1) is 6.92 Å². The molecule has 1 aliphatic heterocycles. The Morgan fingerprint density at radius 3 is 2.57 bits per heavy atom. The van der Waals surface area contributed by atoms with Gasteiger partial charge in [-0.05, 0) is 48.7 Å². The summed E-state index contributed by atoms with van der Waals surface area (Å²) in [4.78, 5) is 25.4. The largest absolute Gasteiger partial charge is 0.418 e. The Balaban J connectivity index is 1.77. The molecule has 0 fully saturated rings. The van der Waals surface area contributed by atoms with Gasteiger partial charge in [-0.1, -0.05) is 12.1 Å². The first-order valence-electron chi connectivity index (χ1n) is 8.77. The smallest absolute Gasteiger partial charge is 0.362 e. The van der Waals surface area contributed by atoms with Crippen molar-refractivity contribution in [2.75, 3.05) is 28.6 Å². The number of amides is 2. The zero-order chi connectivity index (χ0) is 20.5. The number of hydrogen-bond acceptors (Lipinski definition) is 3. The van der Waals surface area contributed by atoms with Gasteiger partial charge in [-0.3, -0.25) is 9.59 Å². The summed E-state index contributed by atoms with van der Waals surface area (Å²) in [5.41, 5.74) is 1.90. The van der Waals surface area contributed by atoms with Gasteiger partial charge in [0, 0.05) is 24.8 Å². The normalized spacial score (nSPS) is 13.2. The number of anilines is 3. The number of halogens is 3. The molecule has 5 nitrogen and oxygen atoms in total. The number of nitrogens with one attached hydrogen (secondary N) is 2. The van der Waals surface area contributed by atoms with E-state index < -0.39 is 23.6 Å². The molecule has 0 bridgehead atoms. The fourth-order valence-electron chi connectivity index (χ4n) is 3.37. The molecule has 148 valence electrons. The predicted molar refractivity (Wildman–Crippen MR) is 101 cm³/mol. The highest BCUT2D eigenvalue weighted by atomic mass is 19.4. The minimum Gasteiger partial charge on any atom is -0.362 e. The number of fused-ring (bicyclic) bond motifs is 1. The van der Waals surface area contributed by atoms with Gasteiger partial charge in [0.2, 0.25) is 11.8 Å². The first-order valence-corrected chi connectivity index (χ1v) is 8.77. The lowest BCUT2D eigenvalue weighted by Gasteiger charge is -2.20. The molecule has 8 heteroatoms. The van der Waals surface area contributed by atoms with Crippen molar-refractivity contribution in [1.82, 2.24) is 0 Å². The van der Waals surface area contributed by atoms with Crippen molar-refractivity contribution in [1.29, 1.82) is 0 Å². The maximum atomic E-state index is 13.4. The first kappa shape index (κ1) is 19.7. The van der Waals surface area contributed by atoms with E-state index in [-0.39, 0.29) is 17.9 Å². The molecule has 28 heavy (non-hydrogen) atoms. The third-order valence-corrected chi connectivity index (χ3v) is 4.61. The van der Waals surface area contributed by atoms with Crippen LogP contribution in [0.3, 0.4) is 0 Å². The molecule has 0 spiro atoms. The van der Waals surface area contributed by atoms with Crippen molar-refractivity contribution < 1.29 is 22.8 Å². The van der Waals surface area contributed by atoms with Gasteiger partial charge in [-0.15, -0.1) is 0 Å². The molecule has 0 saturated carbocycles. The molecule has 3 rings (SSSR count). The quantitative estimate of drug-likeness (QED) is 0.829. The molecule has 0 aliphatic carbocycles. The van der Waals surface area contributed by atoms with Gasteiger partial charge in [0.1, 0.15) is 0 Å². The summed E-state index contributed by atoms with van der Waals surface area (Å²) in [6.45, 7) is 3.80. The summed E-state index contributed by atoms with van der Waals surface area (Å²) in [5, 5.41) is 4.67. The number of rotatable bonds is 4. The molecular formula is C20H20F3N3O2. The molecule has 1 aliphatic rings. The van der Waals surface area contributed by atoms with E-state index in [1.165, 1.54) is 13.0 Å². The van der Waals surface area contributed by atoms with E-state index in [0.29, 0.717) is 6.54 Å². The average Bonchev–Trinajstić information content (AvgIpc) is 2.99. The highest BCUT2D eigenvalue weighted by molar-refractivity contribution is 5.96. The third-order valence-electron chi connectivity index (χ3n) is 4.61. The van der Waals surface area contributed by atoms with Crippen molar-refractivity contribution in [3.05, 3.63) is 53.1 Å². The number of carbonyl (C=O) groups is 2. The third kappa shape index (κ3) is 4.27. The number of nitrogens with zero attached hydrogens (tertiary/aromatic N) is 1. The van der Waals surface area contributed by atoms with Crippen molar-refractivity contribution in [2.45, 2.75) is 26.4 Å². The lowest BCUT2D eigenvalue weighted by atomic mass is 10.1. The van der Waals surface area contributed by atoms with Crippen LogP contribution >= 0.6 is 0 Å². The molecule has 2 aromatic rings. The number of aryl methyl sites for hydroxylation is 1. The van der Waals surface area contributed by atoms with Crippen molar-refractivity contribution in [3.8, 4) is 0 Å². The summed E-state index contributed by atoms with van der Waals surface area (Å²) in [7, 11) is 0. The zero-order valence-corrected chi connectivity index (χ0v) is 15.5. The SMILES string of the molecule is CC(=O)Nc1ccc(NC(=O)CN2CCc3c(C)cccc32)c(C(F)(F)F)c1. The van der Waals surface area contributed by atoms with Gasteiger partial charge in [-0.2, -0.15) is 13.2 Å². The first-order chi connectivity index (χ1) is 13.1. The van der Waals surface area contributed by atoms with Gasteiger partial charge in [0.15, 0.2) is 0 Å². The second-order valence-corrected chi connectivity index (χ2v) is 6.73. The van der Waals surface area contributed by atoms with Gasteiger partial charge in [0.25, 0.3) is 0 Å². The van der Waals surface area contributed by atoms with Crippen LogP contribution in [-0.2, 0) is 22.2 Å². The number of carbonyl (C=O) groups excluding carboxylic acids is 2. The minimum absolute atomic E-state index is 0.0155. The summed E-state index contributed by atoms with van der Waals surface area (Å²) in [6.07, 6.45) is -3.87. The lowest BCUT2D eigenvalue weighted by Crippen LogP contribution is -2.32. The number of benzene rings is 2. The molecule has 0 unspecified atom stereocenters. The standard InChI is InChI=1S/C20H20F3N3O2/c1-12-4-3-5-18-15(12)8-9-26(18)11-19(28)25-17-7-6-14(24-13(2)27)10-16(17)20(21,22)23/h3-7,10H,8-9,11H2,1-2H3,(H,24,27)(H,25,28). The Labute approximate surface area is 160 Å². The van der Waals surface area contributed by atoms with Gasteiger partial charge < -0.3 is 15.5 Å². The van der Waals surface area contributed by atoms with E-state index in [0.717, 1.165) is 35.4 Å². The van der Waals surface area contributed by atoms with Gasteiger partial charge >= 0.3 is 6.18 Å². The number of hydrogen-bond donors (Lipinski definition) is 2. The van der Waals surface area contributed by atoms with E-state index >= 15 is 0 Å². The fraction of sp³-hybridized carbons (Fsp3) is 0.300. The Hall–Kier alpha value is -3.03. The molecule has 1 heterocycles. The summed E-state index contributed by atoms with van der Waals surface area (Å²) >= 11 is 0. The maximum Gasteiger partial charge on any atom is 0.418 e. The van der Waals surface area contributed by atoms with Crippen molar-refractivity contribution >= 4 is 28.9 Å². The van der Waals surface area contributed by atoms with Crippen molar-refractivity contribution in [2.24, 2.45) is 0 Å². The van der Waals surface area contributed by atoms with Crippen LogP contribution in [0.5, 0.6) is 0 Å². The molecule has 0 radical (unpaired) electrons. The van der Waals surface area contributed by atoms with E-state index in [1.807, 2.05) is 30.0 Å². The maximum absolute atomic E-state index is 13.4. The molecular weight excluding hydrogens is 371 g/mol. The molecule has 2 N–H and O–H groups in total. The minimum atomic E-state index is -4.67. The summed E-state index contributed by atoms with van der Waals surface area (Å²) in [5.74, 6) is -1.01. The van der Waals surface area contributed by atoms with Crippen LogP contribution in [0.1, 0.15) is 23.6 Å². The van der Waals surface area contributed by atoms with Crippen LogP contribution in [0.4, 0.5) is 30.2 Å². The topological polar surface area (TPSA) is 61.4 Å². The van der Waals surface area contributed by atoms with Gasteiger partial charge in [0.05, 0.1) is 17.8 Å². The van der Waals surface area contributed by atoms with Crippen LogP contribution in [0.2, 0.25) is 0 Å². The monoisotopic (exact) mass is 391 g/mol. The Kier molecular flexibility index (Phi) is 5.31. The average molecular weight is 391 g/mol. The molecule has 0 saturated heterocycles. The summed E-state index contributed by atoms with van der Waals surface area (Å²) < 4.78 is 40.2. The molecule has 0 aromatic heterocycles. The van der Waals surface area contributed by atoms with E-state index in [4.69, 9.17) is 0 Å². The van der Waals surface area contributed by atoms with Crippen molar-refractivity contribution in [3.63, 3.8) is 0 Å². The second-order valence-electron chi connectivity index (χ2n) is 6.73. The highest BCUT2D eigenvalue weighted by Gasteiger charge is 2.34.